The topological polar surface area (TPSA) is 38.3 Å². The molecule has 0 atom stereocenters. The van der Waals surface area contributed by atoms with Crippen molar-refractivity contribution in [3.05, 3.63) is 0 Å². The van der Waals surface area contributed by atoms with E-state index < -0.39 is 0 Å². The lowest BCUT2D eigenvalue weighted by molar-refractivity contribution is -0.157. The highest BCUT2D eigenvalue weighted by atomic mass is 16.5. The Morgan fingerprint density at radius 2 is 2.00 bits per heavy atom. The van der Waals surface area contributed by atoms with Crippen molar-refractivity contribution in [2.24, 2.45) is 10.8 Å². The minimum Gasteiger partial charge on any atom is -0.465 e. The number of rotatable bonds is 2. The fourth-order valence-corrected chi connectivity index (χ4v) is 1.11. The third-order valence-corrected chi connectivity index (χ3v) is 2.27. The maximum Gasteiger partial charge on any atom is 0.311 e. The lowest BCUT2D eigenvalue weighted by atomic mass is 9.85. The van der Waals surface area contributed by atoms with Crippen molar-refractivity contribution in [2.75, 3.05) is 19.7 Å². The number of ether oxygens (including phenoxy) is 1. The van der Waals surface area contributed by atoms with Crippen molar-refractivity contribution >= 4 is 5.97 Å². The van der Waals surface area contributed by atoms with Gasteiger partial charge < -0.3 is 10.1 Å². The summed E-state index contributed by atoms with van der Waals surface area (Å²) in [6, 6.07) is 0. The first-order valence-electron chi connectivity index (χ1n) is 4.71. The molecule has 1 aliphatic heterocycles. The van der Waals surface area contributed by atoms with E-state index >= 15 is 0 Å². The first kappa shape index (κ1) is 10.5. The third-order valence-electron chi connectivity index (χ3n) is 2.27. The zero-order chi connectivity index (χ0) is 10.1. The Balaban J connectivity index is 2.30. The minimum atomic E-state index is -0.381. The Labute approximate surface area is 79.8 Å². The molecule has 0 aromatic rings. The van der Waals surface area contributed by atoms with Crippen LogP contribution < -0.4 is 5.32 Å². The molecule has 0 aromatic heterocycles. The first-order chi connectivity index (χ1) is 5.83. The van der Waals surface area contributed by atoms with Crippen molar-refractivity contribution < 1.29 is 9.53 Å². The normalized spacial score (nSPS) is 20.6. The molecular formula is C10H19NO2. The van der Waals surface area contributed by atoms with E-state index in [2.05, 4.69) is 12.2 Å². The molecule has 0 radical (unpaired) electrons. The van der Waals surface area contributed by atoms with Gasteiger partial charge in [0.15, 0.2) is 0 Å². The highest BCUT2D eigenvalue weighted by Crippen LogP contribution is 2.23. The summed E-state index contributed by atoms with van der Waals surface area (Å²) in [6.07, 6.45) is 0. The number of carbonyl (C=O) groups is 1. The van der Waals surface area contributed by atoms with Crippen LogP contribution in [0.15, 0.2) is 0 Å². The zero-order valence-corrected chi connectivity index (χ0v) is 8.94. The lowest BCUT2D eigenvalue weighted by Crippen LogP contribution is -2.54. The molecule has 1 aliphatic rings. The van der Waals surface area contributed by atoms with Crippen LogP contribution in [-0.2, 0) is 9.53 Å². The quantitative estimate of drug-likeness (QED) is 0.657. The van der Waals surface area contributed by atoms with Gasteiger partial charge in [-0.2, -0.15) is 0 Å². The Morgan fingerprint density at radius 1 is 1.46 bits per heavy atom. The van der Waals surface area contributed by atoms with Crippen molar-refractivity contribution in [1.82, 2.24) is 5.32 Å². The molecule has 0 bridgehead atoms. The second kappa shape index (κ2) is 3.29. The van der Waals surface area contributed by atoms with Crippen LogP contribution >= 0.6 is 0 Å². The molecule has 1 fully saturated rings. The second-order valence-electron chi connectivity index (χ2n) is 5.24. The average Bonchev–Trinajstić information content (AvgIpc) is 1.94. The fraction of sp³-hybridized carbons (Fsp3) is 0.900. The molecule has 0 spiro atoms. The van der Waals surface area contributed by atoms with Gasteiger partial charge in [0.05, 0.1) is 12.0 Å². The summed E-state index contributed by atoms with van der Waals surface area (Å²) in [7, 11) is 0. The molecule has 0 aliphatic carbocycles. The van der Waals surface area contributed by atoms with Crippen LogP contribution in [0, 0.1) is 10.8 Å². The predicted molar refractivity (Wildman–Crippen MR) is 51.4 cm³/mol. The third kappa shape index (κ3) is 2.69. The summed E-state index contributed by atoms with van der Waals surface area (Å²) >= 11 is 0. The van der Waals surface area contributed by atoms with Gasteiger partial charge in [-0.25, -0.2) is 0 Å². The lowest BCUT2D eigenvalue weighted by Gasteiger charge is -2.39. The fourth-order valence-electron chi connectivity index (χ4n) is 1.11. The summed E-state index contributed by atoms with van der Waals surface area (Å²) in [6.45, 7) is 10.2. The molecule has 1 N–H and O–H groups in total. The van der Waals surface area contributed by atoms with Crippen molar-refractivity contribution in [2.45, 2.75) is 27.7 Å². The maximum atomic E-state index is 11.4. The van der Waals surface area contributed by atoms with Crippen LogP contribution in [-0.4, -0.2) is 25.7 Å². The van der Waals surface area contributed by atoms with Gasteiger partial charge in [-0.15, -0.1) is 0 Å². The Hall–Kier alpha value is -0.570. The summed E-state index contributed by atoms with van der Waals surface area (Å²) in [5.41, 5.74) is -0.214. The molecule has 13 heavy (non-hydrogen) atoms. The summed E-state index contributed by atoms with van der Waals surface area (Å²) < 4.78 is 5.23. The van der Waals surface area contributed by atoms with E-state index in [4.69, 9.17) is 4.74 Å². The minimum absolute atomic E-state index is 0.111. The van der Waals surface area contributed by atoms with Gasteiger partial charge in [-0.1, -0.05) is 6.92 Å². The number of hydrogen-bond acceptors (Lipinski definition) is 3. The highest BCUT2D eigenvalue weighted by Gasteiger charge is 2.34. The molecule has 3 nitrogen and oxygen atoms in total. The number of nitrogens with one attached hydrogen (secondary N) is 1. The van der Waals surface area contributed by atoms with Crippen molar-refractivity contribution in [3.8, 4) is 0 Å². The Bertz CT molecular complexity index is 201. The van der Waals surface area contributed by atoms with E-state index in [1.807, 2.05) is 20.8 Å². The SMILES string of the molecule is CC1(COC(=O)C(C)(C)C)CNC1. The highest BCUT2D eigenvalue weighted by molar-refractivity contribution is 5.75. The van der Waals surface area contributed by atoms with E-state index in [1.165, 1.54) is 0 Å². The van der Waals surface area contributed by atoms with Crippen LogP contribution in [0.5, 0.6) is 0 Å². The number of esters is 1. The van der Waals surface area contributed by atoms with Gasteiger partial charge in [0, 0.05) is 18.5 Å². The molecular weight excluding hydrogens is 166 g/mol. The smallest absolute Gasteiger partial charge is 0.311 e. The first-order valence-corrected chi connectivity index (χ1v) is 4.71. The van der Waals surface area contributed by atoms with E-state index in [0.717, 1.165) is 13.1 Å². The van der Waals surface area contributed by atoms with Crippen LogP contribution in [0.3, 0.4) is 0 Å². The summed E-state index contributed by atoms with van der Waals surface area (Å²) in [4.78, 5) is 11.4. The molecule has 3 heteroatoms. The summed E-state index contributed by atoms with van der Waals surface area (Å²) in [5.74, 6) is -0.111. The maximum absolute atomic E-state index is 11.4. The van der Waals surface area contributed by atoms with E-state index in [-0.39, 0.29) is 16.8 Å². The number of hydrogen-bond donors (Lipinski definition) is 1. The molecule has 76 valence electrons. The largest absolute Gasteiger partial charge is 0.465 e. The van der Waals surface area contributed by atoms with Crippen LogP contribution in [0.2, 0.25) is 0 Å². The van der Waals surface area contributed by atoms with Crippen LogP contribution in [0.1, 0.15) is 27.7 Å². The molecule has 0 unspecified atom stereocenters. The average molecular weight is 185 g/mol. The Morgan fingerprint density at radius 3 is 2.31 bits per heavy atom. The van der Waals surface area contributed by atoms with Gasteiger partial charge in [0.25, 0.3) is 0 Å². The van der Waals surface area contributed by atoms with E-state index in [1.54, 1.807) is 0 Å². The molecule has 1 heterocycles. The van der Waals surface area contributed by atoms with Gasteiger partial charge in [0.2, 0.25) is 0 Å². The van der Waals surface area contributed by atoms with E-state index in [0.29, 0.717) is 6.61 Å². The molecule has 1 saturated heterocycles. The van der Waals surface area contributed by atoms with E-state index in [9.17, 15) is 4.79 Å². The molecule has 0 amide bonds. The zero-order valence-electron chi connectivity index (χ0n) is 8.94. The second-order valence-corrected chi connectivity index (χ2v) is 5.24. The van der Waals surface area contributed by atoms with Gasteiger partial charge in [-0.3, -0.25) is 4.79 Å². The van der Waals surface area contributed by atoms with Crippen molar-refractivity contribution in [1.29, 1.82) is 0 Å². The van der Waals surface area contributed by atoms with Crippen LogP contribution in [0.4, 0.5) is 0 Å². The predicted octanol–water partition coefficient (Wildman–Crippen LogP) is 1.19. The standard InChI is InChI=1S/C10H19NO2/c1-9(2,3)8(12)13-7-10(4)5-11-6-10/h11H,5-7H2,1-4H3. The molecule has 0 saturated carbocycles. The summed E-state index contributed by atoms with van der Waals surface area (Å²) in [5, 5.41) is 3.17. The van der Waals surface area contributed by atoms with Crippen molar-refractivity contribution in [3.63, 3.8) is 0 Å². The Kier molecular flexibility index (Phi) is 2.66. The number of carbonyl (C=O) groups excluding carboxylic acids is 1. The van der Waals surface area contributed by atoms with Gasteiger partial charge >= 0.3 is 5.97 Å². The van der Waals surface area contributed by atoms with Gasteiger partial charge in [-0.05, 0) is 20.8 Å². The monoisotopic (exact) mass is 185 g/mol. The molecule has 1 rings (SSSR count). The molecule has 0 aromatic carbocycles. The van der Waals surface area contributed by atoms with Gasteiger partial charge in [0.1, 0.15) is 0 Å². The van der Waals surface area contributed by atoms with Crippen LogP contribution in [0.25, 0.3) is 0 Å².